The molecule has 8 fully saturated rings. The minimum Gasteiger partial charge on any atom is -0.317 e. The van der Waals surface area contributed by atoms with Crippen molar-refractivity contribution in [3.05, 3.63) is 0 Å². The minimum atomic E-state index is -2.01. The van der Waals surface area contributed by atoms with E-state index in [2.05, 4.69) is 185 Å². The lowest BCUT2D eigenvalue weighted by Crippen LogP contribution is -2.53. The molecule has 0 aliphatic carbocycles. The third kappa shape index (κ3) is 34.8. The Labute approximate surface area is 479 Å². The van der Waals surface area contributed by atoms with Gasteiger partial charge in [0.2, 0.25) is 0 Å². The van der Waals surface area contributed by atoms with Crippen molar-refractivity contribution in [1.82, 2.24) is 50.4 Å². The maximum Gasteiger partial charge on any atom is 0.0780 e. The summed E-state index contributed by atoms with van der Waals surface area (Å²) < 4.78 is 57.1. The van der Waals surface area contributed by atoms with E-state index in [-0.39, 0.29) is 0 Å². The van der Waals surface area contributed by atoms with Crippen molar-refractivity contribution < 1.29 is 16.8 Å². The lowest BCUT2D eigenvalue weighted by atomic mass is 9.87. The summed E-state index contributed by atoms with van der Waals surface area (Å²) >= 11 is 0. The first-order valence-electron chi connectivity index (χ1n) is 30.5. The zero-order valence-electron chi connectivity index (χ0n) is 52.7. The zero-order chi connectivity index (χ0) is 58.6. The van der Waals surface area contributed by atoms with Crippen molar-refractivity contribution in [1.29, 1.82) is 0 Å². The molecule has 10 atom stereocenters. The molecule has 0 saturated carbocycles. The van der Waals surface area contributed by atoms with Crippen molar-refractivity contribution in [3.63, 3.8) is 0 Å². The molecule has 0 aromatic carbocycles. The molecule has 18 heteroatoms. The number of hydrogen-bond acceptors (Lipinski definition) is 10. The number of hydrogen-bond donors (Lipinski definition) is 9. The molecule has 8 saturated heterocycles. The van der Waals surface area contributed by atoms with Gasteiger partial charge in [0.25, 0.3) is 0 Å². The molecule has 0 amide bonds. The van der Waals surface area contributed by atoms with E-state index >= 15 is 0 Å². The van der Waals surface area contributed by atoms with Gasteiger partial charge in [0.1, 0.15) is 0 Å². The van der Waals surface area contributed by atoms with E-state index in [0.29, 0.717) is 60.0 Å². The Bertz CT molecular complexity index is 1750. The van der Waals surface area contributed by atoms with Crippen LogP contribution >= 0.6 is 0 Å². The number of nitrogens with zero attached hydrogens (tertiary/aromatic N) is 1. The van der Waals surface area contributed by atoms with Crippen molar-refractivity contribution in [2.75, 3.05) is 102 Å². The minimum absolute atomic E-state index is 0.436. The summed E-state index contributed by atoms with van der Waals surface area (Å²) in [4.78, 5) is 2.24. The van der Waals surface area contributed by atoms with Crippen LogP contribution in [0.15, 0.2) is 0 Å². The maximum atomic E-state index is 11.4. The third-order valence-corrected chi connectivity index (χ3v) is 22.9. The van der Waals surface area contributed by atoms with Gasteiger partial charge in [-0.25, -0.2) is 18.9 Å². The van der Waals surface area contributed by atoms with Gasteiger partial charge in [-0.1, -0.05) is 96.9 Å². The quantitative estimate of drug-likeness (QED) is 0.115. The van der Waals surface area contributed by atoms with Crippen molar-refractivity contribution >= 4 is 62.3 Å². The second kappa shape index (κ2) is 38.5. The van der Waals surface area contributed by atoms with E-state index in [4.69, 9.17) is 0 Å². The summed E-state index contributed by atoms with van der Waals surface area (Å²) in [6, 6.07) is 1.78. The Morgan fingerprint density at radius 3 is 1.16 bits per heavy atom. The largest absolute Gasteiger partial charge is 0.317 e. The predicted molar refractivity (Wildman–Crippen MR) is 350 cm³/mol. The van der Waals surface area contributed by atoms with E-state index in [0.717, 1.165) is 91.6 Å². The smallest absolute Gasteiger partial charge is 0.0780 e. The highest BCUT2D eigenvalue weighted by atomic mass is 32.2. The molecule has 0 aromatic rings. The molecule has 0 spiro atoms. The average Bonchev–Trinajstić information content (AvgIpc) is 4.18. The second-order valence-corrected chi connectivity index (χ2v) is 35.3. The van der Waals surface area contributed by atoms with E-state index in [1.165, 1.54) is 90.8 Å². The first-order valence-corrected chi connectivity index (χ1v) is 38.1. The van der Waals surface area contributed by atoms with Gasteiger partial charge < -0.3 is 26.6 Å². The van der Waals surface area contributed by atoms with Gasteiger partial charge in [-0.3, -0.25) is 21.7 Å². The van der Waals surface area contributed by atoms with Crippen LogP contribution in [0.4, 0.5) is 0 Å². The molecule has 77 heavy (non-hydrogen) atoms. The molecular weight excluding hydrogens is 1040 g/mol. The Balaban J connectivity index is 0.000000441. The van der Waals surface area contributed by atoms with E-state index in [1.54, 1.807) is 0 Å². The Morgan fingerprint density at radius 2 is 0.844 bits per heavy atom. The monoisotopic (exact) mass is 1170 g/mol. The summed E-state index contributed by atoms with van der Waals surface area (Å²) in [6.07, 6.45) is 10.8. The van der Waals surface area contributed by atoms with Gasteiger partial charge in [-0.2, -0.15) is 0 Å². The maximum absolute atomic E-state index is 11.4. The zero-order valence-corrected chi connectivity index (χ0v) is 55.9. The highest BCUT2D eigenvalue weighted by Gasteiger charge is 2.26. The predicted octanol–water partition coefficient (Wildman–Crippen LogP) is 6.99. The number of piperidine rings is 2. The Kier molecular flexibility index (Phi) is 37.4. The number of nitrogens with one attached hydrogen (secondary N) is 9. The summed E-state index contributed by atoms with van der Waals surface area (Å²) in [5.74, 6) is 26.6. The Hall–Kier alpha value is -0.320. The summed E-state index contributed by atoms with van der Waals surface area (Å²) in [5, 5.41) is 16.8. The summed E-state index contributed by atoms with van der Waals surface area (Å²) in [6.45, 7) is 48.6. The number of rotatable bonds is 8. The lowest BCUT2D eigenvalue weighted by Gasteiger charge is -2.32. The highest BCUT2D eigenvalue weighted by Crippen LogP contribution is 2.22. The van der Waals surface area contributed by atoms with E-state index in [9.17, 15) is 16.8 Å². The standard InChI is InChI=1S/C8H17NOS.2C8H17N.2C7H16N2OS.C7H15NOS.2C7H15N/c1-7(2)8-4-5-11(3,10)9-6-8;1-7(2)8-3-5-9-6-4-8;1-7(2)8-4-3-5-9-6-8;1-6(2)7-4-9-11(3,10)5-8-7;1-7(2)9-4-5-11(3,10)8-6-9;1-6(2)7-4-8-10(3,9)5-7;1-6(2)7-3-4-8-5-7;1-6(2)7-4-3-5-8-7/h7-8H,3-6H2,1-2H3,(H,9,10);2*7-9H,3-6H2,1-2H3;6-8H,3-5H2,1-2H3,(H,9,10);7H,3-6H2,1-2H3,(H,8,10);6-7H,3-5H2,1-2H3,(H,8,9);2*6-8H,3-5H2,1-2H3. The van der Waals surface area contributed by atoms with Gasteiger partial charge in [0.15, 0.2) is 0 Å². The van der Waals surface area contributed by atoms with Crippen molar-refractivity contribution in [2.24, 2.45) is 71.0 Å². The second-order valence-electron chi connectivity index (χ2n) is 26.2. The van der Waals surface area contributed by atoms with Gasteiger partial charge in [0, 0.05) is 100 Å². The molecule has 8 aliphatic rings. The topological polar surface area (TPSA) is 180 Å². The van der Waals surface area contributed by atoms with Crippen LogP contribution < -0.4 is 45.5 Å². The Morgan fingerprint density at radius 1 is 0.390 bits per heavy atom. The molecule has 10 unspecified atom stereocenters. The summed E-state index contributed by atoms with van der Waals surface area (Å²) in [7, 11) is -7.74. The van der Waals surface area contributed by atoms with Crippen molar-refractivity contribution in [2.45, 2.75) is 180 Å². The van der Waals surface area contributed by atoms with E-state index < -0.39 is 38.8 Å². The molecule has 0 bridgehead atoms. The highest BCUT2D eigenvalue weighted by molar-refractivity contribution is 7.99. The lowest BCUT2D eigenvalue weighted by molar-refractivity contribution is 0.224. The molecular formula is C59H128N10O4S4. The van der Waals surface area contributed by atoms with Gasteiger partial charge in [-0.15, -0.1) is 0 Å². The fourth-order valence-corrected chi connectivity index (χ4v) is 15.4. The first-order chi connectivity index (χ1) is 35.8. The normalized spacial score (nSPS) is 33.7. The molecule has 8 rings (SSSR count). The van der Waals surface area contributed by atoms with E-state index in [1.807, 2.05) is 0 Å². The van der Waals surface area contributed by atoms with Crippen molar-refractivity contribution in [3.8, 4) is 0 Å². The van der Waals surface area contributed by atoms with Crippen LogP contribution in [0.5, 0.6) is 0 Å². The molecule has 14 nitrogen and oxygen atoms in total. The fourth-order valence-electron chi connectivity index (χ4n) is 10.1. The third-order valence-electron chi connectivity index (χ3n) is 16.9. The molecule has 462 valence electrons. The first kappa shape index (κ1) is 74.7. The molecule has 8 aliphatic heterocycles. The molecule has 0 aromatic heterocycles. The van der Waals surface area contributed by atoms with Crippen LogP contribution in [-0.2, 0) is 38.8 Å². The summed E-state index contributed by atoms with van der Waals surface area (Å²) in [5.41, 5.74) is 0. The fraction of sp³-hybridized carbons (Fsp3) is 0.932. The van der Waals surface area contributed by atoms with Crippen LogP contribution in [0.1, 0.15) is 162 Å². The van der Waals surface area contributed by atoms with Crippen LogP contribution in [-0.4, -0.2) is 165 Å². The van der Waals surface area contributed by atoms with Crippen LogP contribution in [0.3, 0.4) is 0 Å². The van der Waals surface area contributed by atoms with Gasteiger partial charge in [-0.05, 0) is 206 Å². The van der Waals surface area contributed by atoms with Gasteiger partial charge >= 0.3 is 0 Å². The average molecular weight is 1170 g/mol. The molecule has 0 radical (unpaired) electrons. The van der Waals surface area contributed by atoms with Crippen LogP contribution in [0.2, 0.25) is 0 Å². The van der Waals surface area contributed by atoms with Crippen LogP contribution in [0.25, 0.3) is 0 Å². The SMILES string of the molecule is C=S1(=O)CC(C(C)C)CN1.C=S1(=O)CCC(C(C)C)CN1.C=S1(=O)CCN(C(C)C)CN1.C=S1(=O)CNC(C(C)C)CN1.CC(C)C1CCCN1.CC(C)C1CCCNC1.CC(C)C1CCNC1.CC(C)C1CCNCC1. The van der Waals surface area contributed by atoms with Gasteiger partial charge in [0.05, 0.1) is 12.5 Å². The molecule has 8 heterocycles. The molecule has 9 N–H and O–H groups in total. The van der Waals surface area contributed by atoms with Crippen LogP contribution in [0, 0.1) is 71.0 Å².